The van der Waals surface area contributed by atoms with E-state index in [1.807, 2.05) is 13.0 Å². The Morgan fingerprint density at radius 3 is 2.38 bits per heavy atom. The lowest BCUT2D eigenvalue weighted by Crippen LogP contribution is -2.40. The minimum Gasteiger partial charge on any atom is -0.496 e. The molecule has 1 N–H and O–H groups in total. The average Bonchev–Trinajstić information content (AvgIpc) is 3.40. The molecule has 4 rings (SSSR count). The molecule has 2 aromatic carbocycles. The summed E-state index contributed by atoms with van der Waals surface area (Å²) in [5.74, 6) is -0.452. The second kappa shape index (κ2) is 10.1. The molecule has 0 atom stereocenters. The van der Waals surface area contributed by atoms with E-state index in [9.17, 15) is 18.0 Å². The zero-order chi connectivity index (χ0) is 24.3. The third-order valence-electron chi connectivity index (χ3n) is 6.16. The van der Waals surface area contributed by atoms with Gasteiger partial charge in [0.25, 0.3) is 11.8 Å². The van der Waals surface area contributed by atoms with Crippen LogP contribution >= 0.6 is 0 Å². The van der Waals surface area contributed by atoms with Crippen molar-refractivity contribution in [3.05, 3.63) is 53.1 Å². The molecule has 2 aliphatic heterocycles. The molecule has 0 radical (unpaired) electrons. The number of hydrogen-bond donors (Lipinski definition) is 1. The van der Waals surface area contributed by atoms with Gasteiger partial charge in [0, 0.05) is 26.2 Å². The summed E-state index contributed by atoms with van der Waals surface area (Å²) < 4.78 is 38.2. The summed E-state index contributed by atoms with van der Waals surface area (Å²) in [5, 5.41) is 2.84. The van der Waals surface area contributed by atoms with Crippen LogP contribution in [0, 0.1) is 6.92 Å². The summed E-state index contributed by atoms with van der Waals surface area (Å²) in [5.41, 5.74) is 1.62. The molecular weight excluding hydrogens is 458 g/mol. The van der Waals surface area contributed by atoms with Crippen LogP contribution in [-0.2, 0) is 14.8 Å². The fourth-order valence-electron chi connectivity index (χ4n) is 4.24. The fourth-order valence-corrected chi connectivity index (χ4v) is 5.68. The highest BCUT2D eigenvalue weighted by atomic mass is 32.2. The first-order chi connectivity index (χ1) is 16.3. The molecule has 10 heteroatoms. The molecule has 0 aromatic heterocycles. The number of anilines is 1. The Morgan fingerprint density at radius 2 is 1.71 bits per heavy atom. The number of nitrogens with one attached hydrogen (secondary N) is 1. The number of methoxy groups -OCH3 is 1. The van der Waals surface area contributed by atoms with E-state index in [2.05, 4.69) is 5.32 Å². The van der Waals surface area contributed by atoms with Gasteiger partial charge in [0.05, 0.1) is 42.0 Å². The van der Waals surface area contributed by atoms with Crippen molar-refractivity contribution in [3.8, 4) is 5.75 Å². The standard InChI is InChI=1S/C24H29N3O6S/c1-17-6-5-7-19(24(29)26-10-3-4-11-26)22(17)25-23(28)20-16-18(8-9-21(20)32-2)34(30,31)27-12-14-33-15-13-27/h5-9,16H,3-4,10-15H2,1-2H3,(H,25,28). The quantitative estimate of drug-likeness (QED) is 0.671. The molecule has 2 amide bonds. The van der Waals surface area contributed by atoms with Gasteiger partial charge in [-0.25, -0.2) is 8.42 Å². The molecule has 0 saturated carbocycles. The SMILES string of the molecule is COc1ccc(S(=O)(=O)N2CCOCC2)cc1C(=O)Nc1c(C)cccc1C(=O)N1CCCC1. The molecule has 34 heavy (non-hydrogen) atoms. The summed E-state index contributed by atoms with van der Waals surface area (Å²) in [6.45, 7) is 4.34. The van der Waals surface area contributed by atoms with Gasteiger partial charge in [-0.1, -0.05) is 12.1 Å². The number of sulfonamides is 1. The Hall–Kier alpha value is -2.95. The number of morpholine rings is 1. The smallest absolute Gasteiger partial charge is 0.259 e. The Balaban J connectivity index is 1.66. The topological polar surface area (TPSA) is 105 Å². The van der Waals surface area contributed by atoms with Gasteiger partial charge in [-0.05, 0) is 49.6 Å². The van der Waals surface area contributed by atoms with E-state index in [1.54, 1.807) is 17.0 Å². The van der Waals surface area contributed by atoms with Crippen LogP contribution < -0.4 is 10.1 Å². The molecule has 2 aromatic rings. The number of carbonyl (C=O) groups is 2. The normalized spacial score (nSPS) is 16.9. The van der Waals surface area contributed by atoms with Crippen molar-refractivity contribution < 1.29 is 27.5 Å². The van der Waals surface area contributed by atoms with Crippen molar-refractivity contribution in [1.29, 1.82) is 0 Å². The predicted molar refractivity (Wildman–Crippen MR) is 127 cm³/mol. The predicted octanol–water partition coefficient (Wildman–Crippen LogP) is 2.51. The molecule has 182 valence electrons. The van der Waals surface area contributed by atoms with E-state index in [4.69, 9.17) is 9.47 Å². The first kappa shape index (κ1) is 24.2. The lowest BCUT2D eigenvalue weighted by Gasteiger charge is -2.26. The monoisotopic (exact) mass is 487 g/mol. The third kappa shape index (κ3) is 4.79. The van der Waals surface area contributed by atoms with Crippen molar-refractivity contribution in [2.75, 3.05) is 51.8 Å². The van der Waals surface area contributed by atoms with Crippen LogP contribution in [0.1, 0.15) is 39.1 Å². The van der Waals surface area contributed by atoms with Gasteiger partial charge in [-0.2, -0.15) is 4.31 Å². The summed E-state index contributed by atoms with van der Waals surface area (Å²) in [7, 11) is -2.38. The Kier molecular flexibility index (Phi) is 7.20. The molecule has 2 saturated heterocycles. The maximum absolute atomic E-state index is 13.4. The molecule has 2 heterocycles. The molecule has 0 aliphatic carbocycles. The molecule has 2 aliphatic rings. The van der Waals surface area contributed by atoms with Crippen molar-refractivity contribution in [2.45, 2.75) is 24.7 Å². The van der Waals surface area contributed by atoms with E-state index in [-0.39, 0.29) is 35.2 Å². The van der Waals surface area contributed by atoms with Crippen LogP contribution in [0.3, 0.4) is 0 Å². The van der Waals surface area contributed by atoms with Crippen molar-refractivity contribution in [2.24, 2.45) is 0 Å². The highest BCUT2D eigenvalue weighted by Gasteiger charge is 2.29. The lowest BCUT2D eigenvalue weighted by molar-refractivity contribution is 0.0730. The van der Waals surface area contributed by atoms with E-state index in [0.29, 0.717) is 37.6 Å². The van der Waals surface area contributed by atoms with Crippen LogP contribution in [0.2, 0.25) is 0 Å². The van der Waals surface area contributed by atoms with E-state index in [1.165, 1.54) is 29.6 Å². The zero-order valence-corrected chi connectivity index (χ0v) is 20.2. The van der Waals surface area contributed by atoms with Crippen molar-refractivity contribution >= 4 is 27.5 Å². The lowest BCUT2D eigenvalue weighted by atomic mass is 10.1. The van der Waals surface area contributed by atoms with Crippen LogP contribution in [-0.4, -0.2) is 75.9 Å². The van der Waals surface area contributed by atoms with E-state index in [0.717, 1.165) is 18.4 Å². The number of hydrogen-bond acceptors (Lipinski definition) is 6. The van der Waals surface area contributed by atoms with E-state index >= 15 is 0 Å². The van der Waals surface area contributed by atoms with E-state index < -0.39 is 15.9 Å². The second-order valence-corrected chi connectivity index (χ2v) is 10.3. The van der Waals surface area contributed by atoms with Crippen LogP contribution in [0.15, 0.2) is 41.3 Å². The molecule has 0 unspecified atom stereocenters. The summed E-state index contributed by atoms with van der Waals surface area (Å²) in [6.07, 6.45) is 1.92. The molecular formula is C24H29N3O6S. The maximum atomic E-state index is 13.4. The summed E-state index contributed by atoms with van der Waals surface area (Å²) in [4.78, 5) is 28.2. The molecule has 0 bridgehead atoms. The first-order valence-electron chi connectivity index (χ1n) is 11.3. The zero-order valence-electron chi connectivity index (χ0n) is 19.4. The number of rotatable bonds is 6. The minimum atomic E-state index is -3.80. The number of likely N-dealkylation sites (tertiary alicyclic amines) is 1. The number of carbonyl (C=O) groups excluding carboxylic acids is 2. The number of ether oxygens (including phenoxy) is 2. The van der Waals surface area contributed by atoms with Crippen LogP contribution in [0.4, 0.5) is 5.69 Å². The largest absolute Gasteiger partial charge is 0.496 e. The second-order valence-electron chi connectivity index (χ2n) is 8.33. The summed E-state index contributed by atoms with van der Waals surface area (Å²) in [6, 6.07) is 9.50. The number of aryl methyl sites for hydroxylation is 1. The first-order valence-corrected chi connectivity index (χ1v) is 12.7. The summed E-state index contributed by atoms with van der Waals surface area (Å²) >= 11 is 0. The highest BCUT2D eigenvalue weighted by molar-refractivity contribution is 7.89. The fraction of sp³-hybridized carbons (Fsp3) is 0.417. The third-order valence-corrected chi connectivity index (χ3v) is 8.05. The Bertz CT molecular complexity index is 1190. The number of para-hydroxylation sites is 1. The van der Waals surface area contributed by atoms with Gasteiger partial charge < -0.3 is 19.7 Å². The molecule has 9 nitrogen and oxygen atoms in total. The van der Waals surface area contributed by atoms with Gasteiger partial charge in [0.2, 0.25) is 10.0 Å². The average molecular weight is 488 g/mol. The maximum Gasteiger partial charge on any atom is 0.259 e. The van der Waals surface area contributed by atoms with Crippen LogP contribution in [0.25, 0.3) is 0 Å². The molecule has 2 fully saturated rings. The van der Waals surface area contributed by atoms with Gasteiger partial charge in [0.15, 0.2) is 0 Å². The minimum absolute atomic E-state index is 0.00139. The number of amides is 2. The van der Waals surface area contributed by atoms with Gasteiger partial charge >= 0.3 is 0 Å². The van der Waals surface area contributed by atoms with Crippen molar-refractivity contribution in [3.63, 3.8) is 0 Å². The van der Waals surface area contributed by atoms with Crippen LogP contribution in [0.5, 0.6) is 5.75 Å². The van der Waals surface area contributed by atoms with Gasteiger partial charge in [-0.15, -0.1) is 0 Å². The number of nitrogens with zero attached hydrogens (tertiary/aromatic N) is 2. The highest BCUT2D eigenvalue weighted by Crippen LogP contribution is 2.29. The Morgan fingerprint density at radius 1 is 1.00 bits per heavy atom. The van der Waals surface area contributed by atoms with Gasteiger partial charge in [-0.3, -0.25) is 9.59 Å². The Labute approximate surface area is 199 Å². The van der Waals surface area contributed by atoms with Gasteiger partial charge in [0.1, 0.15) is 5.75 Å². The number of benzene rings is 2. The van der Waals surface area contributed by atoms with Crippen molar-refractivity contribution in [1.82, 2.24) is 9.21 Å². The molecule has 0 spiro atoms.